The molecule has 2 aromatic heterocycles. The molecule has 3 aliphatic heterocycles. The number of aliphatic hydroxyl groups excluding tert-OH is 1. The summed E-state index contributed by atoms with van der Waals surface area (Å²) in [6.45, 7) is 28.5. The maximum Gasteiger partial charge on any atom is 0.319 e. The van der Waals surface area contributed by atoms with Crippen molar-refractivity contribution in [2.24, 2.45) is 0 Å². The molecule has 65 heavy (non-hydrogen) atoms. The summed E-state index contributed by atoms with van der Waals surface area (Å²) in [5.74, 6) is 3.23. The summed E-state index contributed by atoms with van der Waals surface area (Å²) in [7, 11) is -4.91. The monoisotopic (exact) mass is 929 g/mol. The molecule has 1 saturated carbocycles. The van der Waals surface area contributed by atoms with Crippen LogP contribution in [0.3, 0.4) is 0 Å². The summed E-state index contributed by atoms with van der Waals surface area (Å²) in [6.07, 6.45) is 1.88. The van der Waals surface area contributed by atoms with Gasteiger partial charge in [-0.1, -0.05) is 95.1 Å². The summed E-state index contributed by atoms with van der Waals surface area (Å²) in [4.78, 5) is 18.8. The zero-order chi connectivity index (χ0) is 46.9. The number of aliphatic hydroxyl groups is 1. The number of halogens is 3. The first kappa shape index (κ1) is 47.6. The Morgan fingerprint density at radius 1 is 0.877 bits per heavy atom. The van der Waals surface area contributed by atoms with Gasteiger partial charge in [0.1, 0.15) is 61.4 Å². The number of aromatic nitrogens is 3. The summed E-state index contributed by atoms with van der Waals surface area (Å²) >= 11 is 0. The van der Waals surface area contributed by atoms with E-state index < -0.39 is 45.8 Å². The lowest BCUT2D eigenvalue weighted by atomic mass is 9.87. The molecule has 4 aromatic rings. The van der Waals surface area contributed by atoms with Gasteiger partial charge in [0.2, 0.25) is 5.88 Å². The lowest BCUT2D eigenvalue weighted by molar-refractivity contribution is 0.0631. The van der Waals surface area contributed by atoms with Crippen LogP contribution < -0.4 is 18.8 Å². The SMILES string of the molecule is CC(C)[Si](C#Cc1c(F)ccc2cc(O[Si](C(C)C)(C(C)C)C(C)C)cc(-c3nc4c5c(nc(OC[C@@]67CCCN6C[C@H](F)C7)nc5c3F)N([C@H]3CC[C@H]3O)CCO4)c12)(C(C)C)C(C)C. The second-order valence-electron chi connectivity index (χ2n) is 21.3. The van der Waals surface area contributed by atoms with Crippen LogP contribution in [0, 0.1) is 23.1 Å². The molecular formula is C51H70F3N5O4Si2. The van der Waals surface area contributed by atoms with Crippen LogP contribution in [0.5, 0.6) is 17.6 Å². The smallest absolute Gasteiger partial charge is 0.319 e. The molecule has 0 unspecified atom stereocenters. The van der Waals surface area contributed by atoms with Crippen LogP contribution in [-0.4, -0.2) is 98.1 Å². The molecule has 0 radical (unpaired) electrons. The van der Waals surface area contributed by atoms with E-state index in [0.29, 0.717) is 70.5 Å². The number of alkyl halides is 1. The average molecular weight is 930 g/mol. The third-order valence-corrected chi connectivity index (χ3v) is 28.2. The van der Waals surface area contributed by atoms with Crippen molar-refractivity contribution in [3.05, 3.63) is 41.5 Å². The van der Waals surface area contributed by atoms with Crippen molar-refractivity contribution in [3.8, 4) is 40.4 Å². The standard InChI is InChI=1S/C51H70F3N5O4Si2/c1-29(2)64(30(3)4,31(5)6)23-18-38-40(53)15-14-35-24-37(63-65(32(7)8,33(9)10)34(11)12)25-39(43(35)38)46-45(54)47-44-48(59(41-16-17-42(41)60)21-22-61-49(44)55-46)57-50(56-47)62-28-51-19-13-20-58(51)27-36(52)26-51/h14-15,24-25,29-34,36,41-42,60H,13,16-17,19-22,26-28H2,1-12H3/t36-,41+,42-,51+/m1/s1. The van der Waals surface area contributed by atoms with Crippen molar-refractivity contribution >= 4 is 43.9 Å². The van der Waals surface area contributed by atoms with Crippen molar-refractivity contribution in [2.45, 2.75) is 172 Å². The van der Waals surface area contributed by atoms with Crippen LogP contribution in [0.1, 0.15) is 121 Å². The van der Waals surface area contributed by atoms with E-state index in [9.17, 15) is 9.50 Å². The minimum atomic E-state index is -2.55. The largest absolute Gasteiger partial charge is 0.543 e. The van der Waals surface area contributed by atoms with Gasteiger partial charge in [-0.15, -0.1) is 5.54 Å². The van der Waals surface area contributed by atoms with Gasteiger partial charge in [-0.2, -0.15) is 9.97 Å². The fourth-order valence-corrected chi connectivity index (χ4v) is 23.2. The van der Waals surface area contributed by atoms with Gasteiger partial charge in [0.25, 0.3) is 8.32 Å². The van der Waals surface area contributed by atoms with Gasteiger partial charge in [0, 0.05) is 23.9 Å². The molecule has 1 N–H and O–H groups in total. The molecule has 2 saturated heterocycles. The van der Waals surface area contributed by atoms with E-state index in [0.717, 1.165) is 25.8 Å². The van der Waals surface area contributed by atoms with Gasteiger partial charge in [-0.05, 0) is 89.1 Å². The highest BCUT2D eigenvalue weighted by atomic mass is 28.4. The Kier molecular flexibility index (Phi) is 13.1. The third-order valence-electron chi connectivity index (χ3n) is 16.0. The fourth-order valence-electron chi connectivity index (χ4n) is 12.7. The molecule has 0 amide bonds. The number of hydrogen-bond donors (Lipinski definition) is 1. The number of fused-ring (bicyclic) bond motifs is 2. The van der Waals surface area contributed by atoms with E-state index in [4.69, 9.17) is 28.9 Å². The number of benzene rings is 2. The summed E-state index contributed by atoms with van der Waals surface area (Å²) in [5, 5.41) is 12.3. The lowest BCUT2D eigenvalue weighted by Crippen LogP contribution is -2.52. The predicted molar refractivity (Wildman–Crippen MR) is 260 cm³/mol. The summed E-state index contributed by atoms with van der Waals surface area (Å²) in [6, 6.07) is 6.64. The lowest BCUT2D eigenvalue weighted by Gasteiger charge is -2.42. The first-order chi connectivity index (χ1) is 30.7. The highest BCUT2D eigenvalue weighted by Gasteiger charge is 2.50. The third kappa shape index (κ3) is 8.01. The minimum Gasteiger partial charge on any atom is -0.543 e. The van der Waals surface area contributed by atoms with Gasteiger partial charge < -0.3 is 23.9 Å². The van der Waals surface area contributed by atoms with Gasteiger partial charge >= 0.3 is 6.01 Å². The Hall–Kier alpha value is -3.91. The number of nitrogens with zero attached hydrogens (tertiary/aromatic N) is 5. The average Bonchev–Trinajstić information content (AvgIpc) is 3.70. The molecule has 5 heterocycles. The normalized spacial score (nSPS) is 22.6. The number of pyridine rings is 1. The van der Waals surface area contributed by atoms with E-state index >= 15 is 8.78 Å². The topological polar surface area (TPSA) is 93.1 Å². The highest BCUT2D eigenvalue weighted by molar-refractivity contribution is 6.90. The molecular weight excluding hydrogens is 860 g/mol. The Balaban J connectivity index is 1.40. The molecule has 9 nitrogen and oxygen atoms in total. The molecule has 14 heteroatoms. The second-order valence-corrected chi connectivity index (χ2v) is 32.3. The zero-order valence-corrected chi connectivity index (χ0v) is 42.6. The first-order valence-corrected chi connectivity index (χ1v) is 28.6. The number of hydrogen-bond acceptors (Lipinski definition) is 9. The predicted octanol–water partition coefficient (Wildman–Crippen LogP) is 11.9. The van der Waals surface area contributed by atoms with Crippen LogP contribution in [0.4, 0.5) is 19.0 Å². The molecule has 0 bridgehead atoms. The summed E-state index contributed by atoms with van der Waals surface area (Å²) in [5.41, 5.74) is 5.27. The quantitative estimate of drug-likeness (QED) is 0.104. The van der Waals surface area contributed by atoms with Crippen LogP contribution in [0.15, 0.2) is 24.3 Å². The van der Waals surface area contributed by atoms with Crippen molar-refractivity contribution < 1.29 is 32.2 Å². The number of anilines is 1. The maximum absolute atomic E-state index is 18.3. The van der Waals surface area contributed by atoms with Crippen molar-refractivity contribution in [3.63, 3.8) is 0 Å². The van der Waals surface area contributed by atoms with Crippen LogP contribution in [0.2, 0.25) is 33.2 Å². The molecule has 0 spiro atoms. The molecule has 8 rings (SSSR count). The molecule has 1 aliphatic carbocycles. The molecule has 4 aliphatic rings. The van der Waals surface area contributed by atoms with Crippen LogP contribution >= 0.6 is 0 Å². The van der Waals surface area contributed by atoms with E-state index in [1.54, 1.807) is 6.07 Å². The first-order valence-electron chi connectivity index (χ1n) is 24.2. The van der Waals surface area contributed by atoms with Crippen LogP contribution in [0.25, 0.3) is 32.9 Å². The molecule has 4 atom stereocenters. The Morgan fingerprint density at radius 2 is 1.57 bits per heavy atom. The fraction of sp³-hybridized carbons (Fsp3) is 0.627. The van der Waals surface area contributed by atoms with E-state index in [1.807, 2.05) is 17.0 Å². The highest BCUT2D eigenvalue weighted by Crippen LogP contribution is 2.48. The second kappa shape index (κ2) is 18.0. The zero-order valence-electron chi connectivity index (χ0n) is 40.6. The molecule has 2 aromatic carbocycles. The van der Waals surface area contributed by atoms with Crippen LogP contribution in [-0.2, 0) is 0 Å². The van der Waals surface area contributed by atoms with Gasteiger partial charge in [-0.3, -0.25) is 4.90 Å². The molecule has 3 fully saturated rings. The number of ether oxygens (including phenoxy) is 2. The Bertz CT molecular complexity index is 2470. The van der Waals surface area contributed by atoms with Gasteiger partial charge in [0.15, 0.2) is 5.82 Å². The van der Waals surface area contributed by atoms with Crippen molar-refractivity contribution in [2.75, 3.05) is 37.7 Å². The molecule has 352 valence electrons. The van der Waals surface area contributed by atoms with E-state index in [-0.39, 0.29) is 69.9 Å². The Morgan fingerprint density at radius 3 is 2.18 bits per heavy atom. The van der Waals surface area contributed by atoms with Crippen molar-refractivity contribution in [1.29, 1.82) is 0 Å². The summed E-state index contributed by atoms with van der Waals surface area (Å²) < 4.78 is 70.0. The van der Waals surface area contributed by atoms with Gasteiger partial charge in [-0.25, -0.2) is 18.2 Å². The minimum absolute atomic E-state index is 0.0442. The van der Waals surface area contributed by atoms with E-state index in [2.05, 4.69) is 99.4 Å². The van der Waals surface area contributed by atoms with Crippen molar-refractivity contribution in [1.82, 2.24) is 19.9 Å². The van der Waals surface area contributed by atoms with Gasteiger partial charge in [0.05, 0.1) is 29.8 Å². The van der Waals surface area contributed by atoms with E-state index in [1.165, 1.54) is 6.07 Å². The number of rotatable bonds is 13. The Labute approximate surface area is 386 Å². The maximum atomic E-state index is 18.3.